The third kappa shape index (κ3) is 3.94. The number of thioether (sulfide) groups is 1. The monoisotopic (exact) mass is 310 g/mol. The molecule has 2 rings (SSSR count). The maximum Gasteiger partial charge on any atom is 0.308 e. The summed E-state index contributed by atoms with van der Waals surface area (Å²) in [5.41, 5.74) is 1.69. The van der Waals surface area contributed by atoms with Gasteiger partial charge in [-0.25, -0.2) is 9.97 Å². The largest absolute Gasteiger partial charge is 0.481 e. The molecule has 0 aliphatic rings. The molecule has 0 spiro atoms. The average Bonchev–Trinajstić information content (AvgIpc) is 2.76. The van der Waals surface area contributed by atoms with E-state index in [1.165, 1.54) is 11.3 Å². The van der Waals surface area contributed by atoms with Crippen LogP contribution in [0.5, 0.6) is 5.88 Å². The second kappa shape index (κ2) is 6.71. The smallest absolute Gasteiger partial charge is 0.308 e. The minimum Gasteiger partial charge on any atom is -0.481 e. The van der Waals surface area contributed by atoms with Gasteiger partial charge in [0.15, 0.2) is 4.34 Å². The number of aryl methyl sites for hydroxylation is 1. The number of pyridine rings is 1. The fourth-order valence-electron chi connectivity index (χ4n) is 1.55. The quantitative estimate of drug-likeness (QED) is 0.827. The fraction of sp³-hybridized carbons (Fsp3) is 0.308. The summed E-state index contributed by atoms with van der Waals surface area (Å²) in [6, 6.07) is 5.62. The zero-order valence-electron chi connectivity index (χ0n) is 11.1. The van der Waals surface area contributed by atoms with Crippen LogP contribution in [-0.2, 0) is 17.0 Å². The minimum absolute atomic E-state index is 0.0292. The van der Waals surface area contributed by atoms with Crippen molar-refractivity contribution in [1.82, 2.24) is 9.97 Å². The summed E-state index contributed by atoms with van der Waals surface area (Å²) in [6.07, 6.45) is 0.0292. The number of thiazole rings is 1. The van der Waals surface area contributed by atoms with E-state index in [0.29, 0.717) is 11.6 Å². The summed E-state index contributed by atoms with van der Waals surface area (Å²) in [7, 11) is 1.58. The Balaban J connectivity index is 2.01. The molecule has 2 aromatic heterocycles. The van der Waals surface area contributed by atoms with Gasteiger partial charge < -0.3 is 9.84 Å². The molecule has 1 N–H and O–H groups in total. The van der Waals surface area contributed by atoms with E-state index in [2.05, 4.69) is 9.97 Å². The zero-order valence-corrected chi connectivity index (χ0v) is 12.8. The highest BCUT2D eigenvalue weighted by Gasteiger charge is 2.11. The third-order valence-corrected chi connectivity index (χ3v) is 4.85. The lowest BCUT2D eigenvalue weighted by Crippen LogP contribution is -1.99. The fourth-order valence-corrected chi connectivity index (χ4v) is 3.68. The molecule has 2 heterocycles. The Bertz CT molecular complexity index is 613. The van der Waals surface area contributed by atoms with Crippen molar-refractivity contribution in [3.05, 3.63) is 34.5 Å². The standard InChI is InChI=1S/C13H14N2O3S2/c1-8-10(6-12(16)17)20-13(14-8)19-7-9-4-3-5-11(15-9)18-2/h3-5H,6-7H2,1-2H3,(H,16,17). The molecule has 0 radical (unpaired) electrons. The molecule has 5 nitrogen and oxygen atoms in total. The van der Waals surface area contributed by atoms with Gasteiger partial charge in [-0.1, -0.05) is 17.8 Å². The highest BCUT2D eigenvalue weighted by atomic mass is 32.2. The third-order valence-electron chi connectivity index (χ3n) is 2.52. The van der Waals surface area contributed by atoms with Crippen LogP contribution in [0.4, 0.5) is 0 Å². The number of aromatic nitrogens is 2. The molecule has 0 unspecified atom stereocenters. The predicted octanol–water partition coefficient (Wildman–Crippen LogP) is 2.77. The lowest BCUT2D eigenvalue weighted by atomic mass is 10.3. The first-order chi connectivity index (χ1) is 9.58. The van der Waals surface area contributed by atoms with Gasteiger partial charge in [-0.3, -0.25) is 4.79 Å². The van der Waals surface area contributed by atoms with Crippen LogP contribution < -0.4 is 4.74 Å². The van der Waals surface area contributed by atoms with Crippen molar-refractivity contribution in [3.63, 3.8) is 0 Å². The van der Waals surface area contributed by atoms with Crippen LogP contribution in [0.15, 0.2) is 22.5 Å². The predicted molar refractivity (Wildman–Crippen MR) is 78.5 cm³/mol. The molecule has 0 amide bonds. The lowest BCUT2D eigenvalue weighted by molar-refractivity contribution is -0.136. The van der Waals surface area contributed by atoms with Crippen molar-refractivity contribution < 1.29 is 14.6 Å². The molecule has 0 atom stereocenters. The van der Waals surface area contributed by atoms with Gasteiger partial charge in [0.1, 0.15) is 0 Å². The van der Waals surface area contributed by atoms with E-state index >= 15 is 0 Å². The van der Waals surface area contributed by atoms with Gasteiger partial charge in [0.2, 0.25) is 5.88 Å². The molecule has 0 bridgehead atoms. The molecule has 2 aromatic rings. The first kappa shape index (κ1) is 14.8. The number of aliphatic carboxylic acids is 1. The molecular formula is C13H14N2O3S2. The Hall–Kier alpha value is -1.60. The van der Waals surface area contributed by atoms with Crippen LogP contribution in [-0.4, -0.2) is 28.2 Å². The Morgan fingerprint density at radius 3 is 2.95 bits per heavy atom. The first-order valence-corrected chi connectivity index (χ1v) is 7.69. The van der Waals surface area contributed by atoms with Gasteiger partial charge in [-0.05, 0) is 13.0 Å². The van der Waals surface area contributed by atoms with E-state index < -0.39 is 5.97 Å². The second-order valence-corrected chi connectivity index (χ2v) is 6.32. The number of carboxylic acids is 1. The maximum atomic E-state index is 10.7. The van der Waals surface area contributed by atoms with Gasteiger partial charge in [0, 0.05) is 16.7 Å². The molecule has 0 aliphatic heterocycles. The number of carbonyl (C=O) groups is 1. The first-order valence-electron chi connectivity index (χ1n) is 5.89. The molecular weight excluding hydrogens is 296 g/mol. The number of hydrogen-bond donors (Lipinski definition) is 1. The van der Waals surface area contributed by atoms with Gasteiger partial charge in [-0.15, -0.1) is 11.3 Å². The topological polar surface area (TPSA) is 72.3 Å². The minimum atomic E-state index is -0.831. The van der Waals surface area contributed by atoms with Crippen LogP contribution in [0.3, 0.4) is 0 Å². The lowest BCUT2D eigenvalue weighted by Gasteiger charge is -2.01. The van der Waals surface area contributed by atoms with Crippen LogP contribution in [0.1, 0.15) is 16.3 Å². The van der Waals surface area contributed by atoms with E-state index in [0.717, 1.165) is 20.6 Å². The van der Waals surface area contributed by atoms with Crippen molar-refractivity contribution in [1.29, 1.82) is 0 Å². The highest BCUT2D eigenvalue weighted by molar-refractivity contribution is 8.00. The molecule has 7 heteroatoms. The van der Waals surface area contributed by atoms with E-state index in [9.17, 15) is 4.79 Å². The zero-order chi connectivity index (χ0) is 14.5. The SMILES string of the molecule is COc1cccc(CSc2nc(C)c(CC(=O)O)s2)n1. The van der Waals surface area contributed by atoms with Crippen molar-refractivity contribution in [3.8, 4) is 5.88 Å². The molecule has 0 aliphatic carbocycles. The molecule has 0 saturated heterocycles. The molecule has 0 saturated carbocycles. The Morgan fingerprint density at radius 1 is 1.45 bits per heavy atom. The van der Waals surface area contributed by atoms with Gasteiger partial charge in [-0.2, -0.15) is 0 Å². The van der Waals surface area contributed by atoms with Crippen LogP contribution >= 0.6 is 23.1 Å². The number of nitrogens with zero attached hydrogens (tertiary/aromatic N) is 2. The Morgan fingerprint density at radius 2 is 2.25 bits per heavy atom. The molecule has 20 heavy (non-hydrogen) atoms. The van der Waals surface area contributed by atoms with E-state index in [1.807, 2.05) is 19.1 Å². The Kier molecular flexibility index (Phi) is 4.97. The summed E-state index contributed by atoms with van der Waals surface area (Å²) in [6.45, 7) is 1.84. The van der Waals surface area contributed by atoms with E-state index in [-0.39, 0.29) is 6.42 Å². The summed E-state index contributed by atoms with van der Waals surface area (Å²) in [5, 5.41) is 8.81. The van der Waals surface area contributed by atoms with Crippen molar-refractivity contribution in [2.24, 2.45) is 0 Å². The van der Waals surface area contributed by atoms with Gasteiger partial charge in [0.25, 0.3) is 0 Å². The normalized spacial score (nSPS) is 10.5. The molecule has 0 fully saturated rings. The van der Waals surface area contributed by atoms with Gasteiger partial charge >= 0.3 is 5.97 Å². The van der Waals surface area contributed by atoms with Gasteiger partial charge in [0.05, 0.1) is 24.9 Å². The van der Waals surface area contributed by atoms with Crippen molar-refractivity contribution >= 4 is 29.1 Å². The molecule has 106 valence electrons. The number of ether oxygens (including phenoxy) is 1. The number of methoxy groups -OCH3 is 1. The Labute approximate surface area is 125 Å². The maximum absolute atomic E-state index is 10.7. The molecule has 0 aromatic carbocycles. The van der Waals surface area contributed by atoms with E-state index in [4.69, 9.17) is 9.84 Å². The summed E-state index contributed by atoms with van der Waals surface area (Å²) in [5.74, 6) is 0.434. The van der Waals surface area contributed by atoms with Crippen molar-refractivity contribution in [2.75, 3.05) is 7.11 Å². The number of rotatable bonds is 6. The second-order valence-electron chi connectivity index (χ2n) is 4.02. The van der Waals surface area contributed by atoms with Crippen molar-refractivity contribution in [2.45, 2.75) is 23.4 Å². The number of hydrogen-bond acceptors (Lipinski definition) is 6. The van der Waals surface area contributed by atoms with Crippen LogP contribution in [0.25, 0.3) is 0 Å². The summed E-state index contributed by atoms with van der Waals surface area (Å²) < 4.78 is 5.94. The highest BCUT2D eigenvalue weighted by Crippen LogP contribution is 2.29. The number of carboxylic acid groups (broad SMARTS) is 1. The van der Waals surface area contributed by atoms with Crippen LogP contribution in [0, 0.1) is 6.92 Å². The average molecular weight is 310 g/mol. The van der Waals surface area contributed by atoms with Crippen LogP contribution in [0.2, 0.25) is 0 Å². The summed E-state index contributed by atoms with van der Waals surface area (Å²) in [4.78, 5) is 20.2. The van der Waals surface area contributed by atoms with E-state index in [1.54, 1.807) is 24.9 Å². The summed E-state index contributed by atoms with van der Waals surface area (Å²) >= 11 is 2.98.